The van der Waals surface area contributed by atoms with Gasteiger partial charge in [-0.25, -0.2) is 9.79 Å². The van der Waals surface area contributed by atoms with Crippen LogP contribution in [0.25, 0.3) is 6.08 Å². The molecule has 1 aromatic heterocycles. The van der Waals surface area contributed by atoms with E-state index in [9.17, 15) is 9.59 Å². The van der Waals surface area contributed by atoms with Crippen LogP contribution in [-0.4, -0.2) is 38.0 Å². The highest BCUT2D eigenvalue weighted by molar-refractivity contribution is 7.07. The Morgan fingerprint density at radius 3 is 2.43 bits per heavy atom. The smallest absolute Gasteiger partial charge is 0.338 e. The van der Waals surface area contributed by atoms with Crippen molar-refractivity contribution in [2.45, 2.75) is 33.4 Å². The number of rotatable bonds is 11. The Morgan fingerprint density at radius 1 is 0.932 bits per heavy atom. The van der Waals surface area contributed by atoms with Crippen LogP contribution < -0.4 is 33.8 Å². The van der Waals surface area contributed by atoms with E-state index in [1.165, 1.54) is 23.0 Å². The standard InChI is InChI=1S/C34H34N2O7S/c1-6-41-28-17-23(13-16-26(28)43-20-22-11-9-8-10-12-22)18-29-32(37)36-31(25-15-14-24(39-4)19-27(25)40-5)30(33(38)42-7-2)21(3)35-34(36)44-29/h8-19,31H,6-7,20H2,1-5H3/b29-18-/t31-/m0/s1. The zero-order valence-electron chi connectivity index (χ0n) is 25.3. The van der Waals surface area contributed by atoms with Crippen molar-refractivity contribution in [2.75, 3.05) is 27.4 Å². The van der Waals surface area contributed by atoms with E-state index >= 15 is 0 Å². The molecule has 1 aliphatic heterocycles. The lowest BCUT2D eigenvalue weighted by Crippen LogP contribution is -2.40. The van der Waals surface area contributed by atoms with Gasteiger partial charge in [0.25, 0.3) is 5.56 Å². The third kappa shape index (κ3) is 6.26. The molecular formula is C34H34N2O7S. The van der Waals surface area contributed by atoms with Gasteiger partial charge in [0.05, 0.1) is 43.2 Å². The second-order valence-corrected chi connectivity index (χ2v) is 10.8. The molecule has 1 atom stereocenters. The average molecular weight is 615 g/mol. The van der Waals surface area contributed by atoms with E-state index in [-0.39, 0.29) is 17.7 Å². The fourth-order valence-corrected chi connectivity index (χ4v) is 6.07. The number of carbonyl (C=O) groups is 1. The Balaban J connectivity index is 1.60. The number of esters is 1. The van der Waals surface area contributed by atoms with Crippen molar-refractivity contribution in [3.05, 3.63) is 114 Å². The maximum absolute atomic E-state index is 14.1. The number of allylic oxidation sites excluding steroid dienone is 1. The van der Waals surface area contributed by atoms with Gasteiger partial charge in [-0.1, -0.05) is 47.7 Å². The Bertz CT molecular complexity index is 1880. The minimum absolute atomic E-state index is 0.180. The van der Waals surface area contributed by atoms with Crippen molar-refractivity contribution in [1.29, 1.82) is 0 Å². The van der Waals surface area contributed by atoms with Crippen molar-refractivity contribution < 1.29 is 28.5 Å². The second kappa shape index (κ2) is 13.6. The van der Waals surface area contributed by atoms with E-state index in [2.05, 4.69) is 4.99 Å². The first-order chi connectivity index (χ1) is 21.4. The summed E-state index contributed by atoms with van der Waals surface area (Å²) in [5.74, 6) is 1.69. The number of benzene rings is 3. The lowest BCUT2D eigenvalue weighted by molar-refractivity contribution is -0.139. The van der Waals surface area contributed by atoms with Crippen LogP contribution >= 0.6 is 11.3 Å². The number of hydrogen-bond donors (Lipinski definition) is 0. The predicted molar refractivity (Wildman–Crippen MR) is 168 cm³/mol. The van der Waals surface area contributed by atoms with Gasteiger partial charge in [-0.05, 0) is 62.2 Å². The molecule has 0 unspecified atom stereocenters. The fraction of sp³-hybridized carbons (Fsp3) is 0.265. The first-order valence-corrected chi connectivity index (χ1v) is 15.0. The number of ether oxygens (including phenoxy) is 5. The predicted octanol–water partition coefficient (Wildman–Crippen LogP) is 4.79. The monoisotopic (exact) mass is 614 g/mol. The van der Waals surface area contributed by atoms with Gasteiger partial charge in [0.1, 0.15) is 24.1 Å². The zero-order chi connectivity index (χ0) is 31.2. The lowest BCUT2D eigenvalue weighted by atomic mass is 9.95. The van der Waals surface area contributed by atoms with E-state index < -0.39 is 12.0 Å². The Morgan fingerprint density at radius 2 is 1.73 bits per heavy atom. The van der Waals surface area contributed by atoms with Crippen LogP contribution in [0.4, 0.5) is 0 Å². The van der Waals surface area contributed by atoms with Gasteiger partial charge >= 0.3 is 5.97 Å². The Labute approximate surface area is 259 Å². The van der Waals surface area contributed by atoms with Crippen LogP contribution in [-0.2, 0) is 16.1 Å². The lowest BCUT2D eigenvalue weighted by Gasteiger charge is -2.26. The Hall–Kier alpha value is -4.83. The summed E-state index contributed by atoms with van der Waals surface area (Å²) >= 11 is 1.24. The van der Waals surface area contributed by atoms with E-state index in [1.54, 1.807) is 45.2 Å². The van der Waals surface area contributed by atoms with Gasteiger partial charge in [0.15, 0.2) is 16.3 Å². The average Bonchev–Trinajstić information content (AvgIpc) is 3.34. The molecular weight excluding hydrogens is 580 g/mol. The Kier molecular flexibility index (Phi) is 9.50. The van der Waals surface area contributed by atoms with E-state index in [4.69, 9.17) is 23.7 Å². The number of aromatic nitrogens is 1. The normalized spacial score (nSPS) is 14.5. The number of hydrogen-bond acceptors (Lipinski definition) is 9. The molecule has 1 aliphatic rings. The molecule has 4 aromatic rings. The third-order valence-corrected chi connectivity index (χ3v) is 8.04. The summed E-state index contributed by atoms with van der Waals surface area (Å²) in [7, 11) is 3.09. The second-order valence-electron chi connectivity index (χ2n) is 9.82. The quantitative estimate of drug-likeness (QED) is 0.224. The summed E-state index contributed by atoms with van der Waals surface area (Å²) in [6, 6.07) is 19.9. The number of nitrogens with zero attached hydrogens (tertiary/aromatic N) is 2. The van der Waals surface area contributed by atoms with Crippen LogP contribution in [0.15, 0.2) is 87.8 Å². The molecule has 2 heterocycles. The van der Waals surface area contributed by atoms with Gasteiger partial charge in [-0.3, -0.25) is 9.36 Å². The SMILES string of the molecule is CCOC(=O)C1=C(C)N=c2s/c(=C\c3ccc(OCc4ccccc4)c(OCC)c3)c(=O)n2[C@H]1c1ccc(OC)cc1OC. The topological polar surface area (TPSA) is 97.6 Å². The molecule has 228 valence electrons. The highest BCUT2D eigenvalue weighted by atomic mass is 32.1. The molecule has 0 saturated heterocycles. The molecule has 5 rings (SSSR count). The molecule has 10 heteroatoms. The highest BCUT2D eigenvalue weighted by Gasteiger charge is 2.35. The van der Waals surface area contributed by atoms with Crippen LogP contribution in [0, 0.1) is 0 Å². The summed E-state index contributed by atoms with van der Waals surface area (Å²) in [5, 5.41) is 0. The van der Waals surface area contributed by atoms with Gasteiger partial charge < -0.3 is 23.7 Å². The largest absolute Gasteiger partial charge is 0.497 e. The van der Waals surface area contributed by atoms with Crippen molar-refractivity contribution in [2.24, 2.45) is 4.99 Å². The van der Waals surface area contributed by atoms with Gasteiger partial charge in [0, 0.05) is 11.6 Å². The molecule has 0 amide bonds. The van der Waals surface area contributed by atoms with Gasteiger partial charge in [-0.2, -0.15) is 0 Å². The summed E-state index contributed by atoms with van der Waals surface area (Å²) in [6.07, 6.45) is 1.79. The number of carbonyl (C=O) groups excluding carboxylic acids is 1. The van der Waals surface area contributed by atoms with E-state index in [0.717, 1.165) is 11.1 Å². The molecule has 0 saturated carbocycles. The van der Waals surface area contributed by atoms with Crippen molar-refractivity contribution in [1.82, 2.24) is 4.57 Å². The van der Waals surface area contributed by atoms with Gasteiger partial charge in [0.2, 0.25) is 0 Å². The molecule has 0 aliphatic carbocycles. The molecule has 9 nitrogen and oxygen atoms in total. The summed E-state index contributed by atoms with van der Waals surface area (Å²) in [5.41, 5.74) is 2.85. The number of thiazole rings is 1. The molecule has 3 aromatic carbocycles. The van der Waals surface area contributed by atoms with Crippen LogP contribution in [0.1, 0.15) is 43.5 Å². The van der Waals surface area contributed by atoms with Crippen LogP contribution in [0.5, 0.6) is 23.0 Å². The maximum atomic E-state index is 14.1. The molecule has 0 bridgehead atoms. The minimum atomic E-state index is -0.818. The van der Waals surface area contributed by atoms with Crippen LogP contribution in [0.3, 0.4) is 0 Å². The summed E-state index contributed by atoms with van der Waals surface area (Å²) in [6.45, 7) is 6.42. The van der Waals surface area contributed by atoms with Crippen molar-refractivity contribution >= 4 is 23.4 Å². The molecule has 0 radical (unpaired) electrons. The molecule has 0 fully saturated rings. The third-order valence-electron chi connectivity index (χ3n) is 7.05. The molecule has 44 heavy (non-hydrogen) atoms. The molecule has 0 spiro atoms. The minimum Gasteiger partial charge on any atom is -0.497 e. The number of fused-ring (bicyclic) bond motifs is 1. The maximum Gasteiger partial charge on any atom is 0.338 e. The summed E-state index contributed by atoms with van der Waals surface area (Å²) < 4.78 is 30.4. The summed E-state index contributed by atoms with van der Waals surface area (Å²) in [4.78, 5) is 32.5. The highest BCUT2D eigenvalue weighted by Crippen LogP contribution is 2.37. The van der Waals surface area contributed by atoms with E-state index in [1.807, 2.05) is 55.5 Å². The van der Waals surface area contributed by atoms with Crippen molar-refractivity contribution in [3.8, 4) is 23.0 Å². The molecule has 0 N–H and O–H groups in total. The first kappa shape index (κ1) is 30.6. The first-order valence-electron chi connectivity index (χ1n) is 14.2. The van der Waals surface area contributed by atoms with Gasteiger partial charge in [-0.15, -0.1) is 0 Å². The van der Waals surface area contributed by atoms with Crippen LogP contribution in [0.2, 0.25) is 0 Å². The van der Waals surface area contributed by atoms with Crippen molar-refractivity contribution in [3.63, 3.8) is 0 Å². The fourth-order valence-electron chi connectivity index (χ4n) is 5.02. The zero-order valence-corrected chi connectivity index (χ0v) is 26.1. The number of methoxy groups -OCH3 is 2. The van der Waals surface area contributed by atoms with E-state index in [0.29, 0.717) is 56.8 Å².